The number of nitrogens with zero attached hydrogens (tertiary/aromatic N) is 2. The van der Waals surface area contributed by atoms with Gasteiger partial charge in [-0.05, 0) is 37.3 Å². The topological polar surface area (TPSA) is 125 Å². The number of halogens is 1. The van der Waals surface area contributed by atoms with Crippen molar-refractivity contribution in [3.63, 3.8) is 0 Å². The molecule has 5 bridgehead atoms. The number of amides is 3. The number of nitrogens with one attached hydrogen (secondary N) is 1. The molecule has 9 atom stereocenters. The highest BCUT2D eigenvalue weighted by atomic mass is 79.9. The molecule has 2 fully saturated rings. The molecule has 11 heteroatoms. The number of benzene rings is 1. The van der Waals surface area contributed by atoms with Crippen molar-refractivity contribution in [3.8, 4) is 0 Å². The zero-order valence-corrected chi connectivity index (χ0v) is 28.6. The molecule has 2 N–H and O–H groups in total. The van der Waals surface area contributed by atoms with Gasteiger partial charge in [0, 0.05) is 23.5 Å². The highest BCUT2D eigenvalue weighted by molar-refractivity contribution is 9.11. The van der Waals surface area contributed by atoms with E-state index in [0.29, 0.717) is 22.9 Å². The van der Waals surface area contributed by atoms with Gasteiger partial charge >= 0.3 is 5.97 Å². The van der Waals surface area contributed by atoms with Crippen LogP contribution in [0, 0.1) is 17.8 Å². The van der Waals surface area contributed by atoms with Crippen LogP contribution in [0.15, 0.2) is 53.0 Å². The molecule has 10 nitrogen and oxygen atoms in total. The normalized spacial score (nSPS) is 32.8. The molecule has 0 radical (unpaired) electrons. The van der Waals surface area contributed by atoms with Crippen molar-refractivity contribution in [1.29, 1.82) is 0 Å². The van der Waals surface area contributed by atoms with Crippen LogP contribution in [-0.2, 0) is 28.7 Å². The number of hydrogen-bond donors (Lipinski definition) is 2. The lowest BCUT2D eigenvalue weighted by atomic mass is 9.74. The number of aliphatic hydroxyl groups excluding tert-OH is 1. The van der Waals surface area contributed by atoms with Crippen LogP contribution in [0.1, 0.15) is 71.5 Å². The predicted octanol–water partition coefficient (Wildman–Crippen LogP) is 4.03. The molecule has 5 rings (SSSR count). The number of esters is 1. The summed E-state index contributed by atoms with van der Waals surface area (Å²) in [5.74, 6) is -3.71. The van der Waals surface area contributed by atoms with Crippen molar-refractivity contribution in [3.05, 3.63) is 58.6 Å². The Labute approximate surface area is 279 Å². The predicted molar refractivity (Wildman–Crippen MR) is 175 cm³/mol. The molecule has 250 valence electrons. The second-order valence-corrected chi connectivity index (χ2v) is 13.9. The van der Waals surface area contributed by atoms with Crippen molar-refractivity contribution in [2.24, 2.45) is 17.8 Å². The number of fused-ring (bicyclic) bond motifs is 2. The molecule has 3 amide bonds. The van der Waals surface area contributed by atoms with E-state index < -0.39 is 53.6 Å². The third-order valence-electron chi connectivity index (χ3n) is 10.2. The first kappa shape index (κ1) is 34.3. The number of hydrogen-bond acceptors (Lipinski definition) is 7. The summed E-state index contributed by atoms with van der Waals surface area (Å²) >= 11 is 3.61. The number of aliphatic hydroxyl groups is 1. The molecular weight excluding hydrogens is 654 g/mol. The van der Waals surface area contributed by atoms with E-state index in [1.807, 2.05) is 63.3 Å². The van der Waals surface area contributed by atoms with Gasteiger partial charge in [-0.1, -0.05) is 92.0 Å². The number of cyclic esters (lactones) is 1. The summed E-state index contributed by atoms with van der Waals surface area (Å²) < 4.78 is 13.4. The molecule has 1 unspecified atom stereocenters. The molecule has 4 aliphatic heterocycles. The van der Waals surface area contributed by atoms with Crippen molar-refractivity contribution >= 4 is 39.6 Å². The summed E-state index contributed by atoms with van der Waals surface area (Å²) in [4.78, 5) is 59.9. The molecule has 0 aromatic heterocycles. The second kappa shape index (κ2) is 14.4. The van der Waals surface area contributed by atoms with Crippen molar-refractivity contribution in [2.75, 3.05) is 19.7 Å². The molecular formula is C35H46BrN3O7. The molecule has 46 heavy (non-hydrogen) atoms. The lowest BCUT2D eigenvalue weighted by Gasteiger charge is -2.41. The number of allylic oxidation sites excluding steroid dienone is 1. The van der Waals surface area contributed by atoms with Crippen LogP contribution in [0.25, 0.3) is 0 Å². The number of carbonyl (C=O) groups excluding carboxylic acids is 4. The van der Waals surface area contributed by atoms with Gasteiger partial charge < -0.3 is 29.7 Å². The molecule has 0 aliphatic carbocycles. The average molecular weight is 701 g/mol. The van der Waals surface area contributed by atoms with E-state index >= 15 is 0 Å². The molecule has 1 aromatic carbocycles. The fraction of sp³-hybridized carbons (Fsp3) is 0.600. The highest BCUT2D eigenvalue weighted by Gasteiger charge is 2.75. The Morgan fingerprint density at radius 3 is 2.50 bits per heavy atom. The Hall–Kier alpha value is -3.02. The van der Waals surface area contributed by atoms with Gasteiger partial charge in [0.05, 0.1) is 25.1 Å². The largest absolute Gasteiger partial charge is 0.455 e. The maximum absolute atomic E-state index is 14.9. The monoisotopic (exact) mass is 699 g/mol. The van der Waals surface area contributed by atoms with Crippen LogP contribution >= 0.6 is 15.9 Å². The Morgan fingerprint density at radius 1 is 1.09 bits per heavy atom. The summed E-state index contributed by atoms with van der Waals surface area (Å²) in [6.07, 6.45) is 6.93. The van der Waals surface area contributed by atoms with E-state index in [-0.39, 0.29) is 49.9 Å². The van der Waals surface area contributed by atoms with Crippen LogP contribution in [0.4, 0.5) is 0 Å². The fourth-order valence-electron chi connectivity index (χ4n) is 7.52. The smallest absolute Gasteiger partial charge is 0.313 e. The number of likely N-dealkylation sites (tertiary alicyclic amines) is 1. The van der Waals surface area contributed by atoms with Gasteiger partial charge in [0.15, 0.2) is 0 Å². The van der Waals surface area contributed by atoms with Gasteiger partial charge in [0.2, 0.25) is 17.7 Å². The summed E-state index contributed by atoms with van der Waals surface area (Å²) in [7, 11) is 0. The van der Waals surface area contributed by atoms with E-state index in [9.17, 15) is 24.3 Å². The Kier molecular flexibility index (Phi) is 10.7. The number of carbonyl (C=O) groups is 4. The number of rotatable bonds is 8. The van der Waals surface area contributed by atoms with Crippen LogP contribution in [0.5, 0.6) is 0 Å². The van der Waals surface area contributed by atoms with E-state index in [4.69, 9.17) is 9.47 Å². The third kappa shape index (κ3) is 6.18. The zero-order chi connectivity index (χ0) is 33.2. The molecule has 1 aromatic rings. The van der Waals surface area contributed by atoms with Gasteiger partial charge in [-0.25, -0.2) is 0 Å². The highest BCUT2D eigenvalue weighted by Crippen LogP contribution is 2.59. The van der Waals surface area contributed by atoms with Crippen molar-refractivity contribution < 1.29 is 33.8 Å². The standard InChI is InChI=1S/C35H46BrN3O7/c1-5-13-22(4)38-17-12-8-11-16-27(41)37-19-26(23-14-9-7-10-15-23)45-34(44)28-29-32(42)39(25(20-40)21(3)6-2)31(33(38)43)35(29)18-24(36)30(28)46-35/h7-10,12,14-15,18,21-22,25-26,28-31,40H,5-6,11,13,16-17,19-20H2,1-4H3,(H,37,41)/b12-8-/t21-,22?,25-,26-,28-,29+,30-,31-,35+/m0/s1. The minimum Gasteiger partial charge on any atom is -0.455 e. The van der Waals surface area contributed by atoms with Gasteiger partial charge in [-0.15, -0.1) is 0 Å². The second-order valence-electron chi connectivity index (χ2n) is 13.0. The molecule has 4 aliphatic rings. The quantitative estimate of drug-likeness (QED) is 0.310. The van der Waals surface area contributed by atoms with E-state index in [2.05, 4.69) is 28.2 Å². The average Bonchev–Trinajstić information content (AvgIpc) is 3.64. The Balaban J connectivity index is 1.64. The first-order valence-corrected chi connectivity index (χ1v) is 17.3. The van der Waals surface area contributed by atoms with E-state index in [0.717, 1.165) is 12.8 Å². The van der Waals surface area contributed by atoms with Gasteiger partial charge in [-0.2, -0.15) is 0 Å². The lowest BCUT2D eigenvalue weighted by molar-refractivity contribution is -0.161. The van der Waals surface area contributed by atoms with Crippen LogP contribution < -0.4 is 5.32 Å². The summed E-state index contributed by atoms with van der Waals surface area (Å²) in [5.41, 5.74) is -0.729. The number of ether oxygens (including phenoxy) is 2. The van der Waals surface area contributed by atoms with Crippen LogP contribution in [-0.4, -0.2) is 88.1 Å². The SMILES string of the molecule is CCCC(C)N1C/C=C\CCC(=O)NC[C@@H](c2ccccc2)OC(=O)[C@@H]2[C@H]3O[C@@]4(C=C3Br)[C@H](C1=O)N([C@@H](CO)[C@@H](C)CC)C(=O)[C@@H]24. The van der Waals surface area contributed by atoms with Gasteiger partial charge in [0.1, 0.15) is 29.8 Å². The molecule has 4 heterocycles. The summed E-state index contributed by atoms with van der Waals surface area (Å²) in [6.45, 7) is 7.99. The Morgan fingerprint density at radius 2 is 1.83 bits per heavy atom. The zero-order valence-electron chi connectivity index (χ0n) is 27.1. The maximum Gasteiger partial charge on any atom is 0.313 e. The molecule has 0 saturated carbocycles. The van der Waals surface area contributed by atoms with E-state index in [1.165, 1.54) is 4.90 Å². The van der Waals surface area contributed by atoms with Gasteiger partial charge in [-0.3, -0.25) is 19.2 Å². The minimum atomic E-state index is -1.43. The minimum absolute atomic E-state index is 0.0630. The van der Waals surface area contributed by atoms with Crippen molar-refractivity contribution in [1.82, 2.24) is 15.1 Å². The lowest BCUT2D eigenvalue weighted by Crippen LogP contribution is -2.60. The first-order valence-electron chi connectivity index (χ1n) is 16.6. The van der Waals surface area contributed by atoms with Crippen LogP contribution in [0.3, 0.4) is 0 Å². The van der Waals surface area contributed by atoms with E-state index in [1.54, 1.807) is 11.0 Å². The summed E-state index contributed by atoms with van der Waals surface area (Å²) in [5, 5.41) is 13.6. The summed E-state index contributed by atoms with van der Waals surface area (Å²) in [6, 6.07) is 7.25. The molecule has 1 spiro atoms. The third-order valence-corrected chi connectivity index (χ3v) is 10.8. The van der Waals surface area contributed by atoms with Crippen LogP contribution in [0.2, 0.25) is 0 Å². The fourth-order valence-corrected chi connectivity index (χ4v) is 8.26. The maximum atomic E-state index is 14.9. The molecule has 2 saturated heterocycles. The van der Waals surface area contributed by atoms with Gasteiger partial charge in [0.25, 0.3) is 0 Å². The van der Waals surface area contributed by atoms with Crippen molar-refractivity contribution in [2.45, 2.75) is 95.7 Å². The first-order chi connectivity index (χ1) is 22.1. The Bertz CT molecular complexity index is 1370.